The summed E-state index contributed by atoms with van der Waals surface area (Å²) < 4.78 is 0. The lowest BCUT2D eigenvalue weighted by Gasteiger charge is -2.04. The number of aliphatic hydroxyl groups excluding tert-OH is 2. The highest BCUT2D eigenvalue weighted by atomic mass is 32.2. The van der Waals surface area contributed by atoms with E-state index in [4.69, 9.17) is 5.11 Å². The van der Waals surface area contributed by atoms with E-state index in [0.29, 0.717) is 5.69 Å². The predicted molar refractivity (Wildman–Crippen MR) is 57.3 cm³/mol. The van der Waals surface area contributed by atoms with Gasteiger partial charge < -0.3 is 10.2 Å². The third kappa shape index (κ3) is 3.65. The first-order valence-electron chi connectivity index (χ1n) is 4.61. The third-order valence-electron chi connectivity index (χ3n) is 1.76. The summed E-state index contributed by atoms with van der Waals surface area (Å²) in [6, 6.07) is 3.77. The van der Waals surface area contributed by atoms with Gasteiger partial charge in [-0.2, -0.15) is 0 Å². The van der Waals surface area contributed by atoms with Crippen molar-refractivity contribution in [3.63, 3.8) is 0 Å². The lowest BCUT2D eigenvalue weighted by Crippen LogP contribution is -1.94. The number of aromatic nitrogens is 1. The zero-order valence-electron chi connectivity index (χ0n) is 8.18. The number of rotatable bonds is 5. The van der Waals surface area contributed by atoms with Gasteiger partial charge in [0.05, 0.1) is 11.8 Å². The zero-order chi connectivity index (χ0) is 10.4. The summed E-state index contributed by atoms with van der Waals surface area (Å²) in [4.78, 5) is 5.20. The van der Waals surface area contributed by atoms with Gasteiger partial charge in [-0.1, -0.05) is 0 Å². The monoisotopic (exact) mass is 213 g/mol. The summed E-state index contributed by atoms with van der Waals surface area (Å²) in [6.07, 6.45) is 2.04. The molecule has 0 aromatic carbocycles. The maximum Gasteiger partial charge on any atom is 0.0931 e. The van der Waals surface area contributed by atoms with Crippen LogP contribution in [0.15, 0.2) is 23.2 Å². The molecule has 3 nitrogen and oxygen atoms in total. The molecule has 14 heavy (non-hydrogen) atoms. The Morgan fingerprint density at radius 1 is 1.50 bits per heavy atom. The molecule has 0 bridgehead atoms. The minimum atomic E-state index is -0.508. The van der Waals surface area contributed by atoms with Gasteiger partial charge in [-0.15, -0.1) is 11.8 Å². The highest BCUT2D eigenvalue weighted by molar-refractivity contribution is 7.99. The van der Waals surface area contributed by atoms with Gasteiger partial charge in [-0.3, -0.25) is 4.98 Å². The van der Waals surface area contributed by atoms with Crippen LogP contribution in [0.4, 0.5) is 0 Å². The van der Waals surface area contributed by atoms with Gasteiger partial charge in [-0.05, 0) is 25.5 Å². The van der Waals surface area contributed by atoms with Crippen LogP contribution in [0, 0.1) is 0 Å². The third-order valence-corrected chi connectivity index (χ3v) is 2.83. The molecule has 2 N–H and O–H groups in total. The molecular formula is C10H15NO2S. The van der Waals surface area contributed by atoms with Gasteiger partial charge in [0.15, 0.2) is 0 Å². The Morgan fingerprint density at radius 3 is 2.79 bits per heavy atom. The minimum Gasteiger partial charge on any atom is -0.396 e. The van der Waals surface area contributed by atoms with Crippen LogP contribution in [0.5, 0.6) is 0 Å². The highest BCUT2D eigenvalue weighted by Crippen LogP contribution is 2.19. The van der Waals surface area contributed by atoms with Gasteiger partial charge in [-0.25, -0.2) is 0 Å². The summed E-state index contributed by atoms with van der Waals surface area (Å²) in [5.74, 6) is 0.895. The Morgan fingerprint density at radius 2 is 2.29 bits per heavy atom. The molecule has 0 aliphatic carbocycles. The van der Waals surface area contributed by atoms with Gasteiger partial charge in [0.2, 0.25) is 0 Å². The average Bonchev–Trinajstić information content (AvgIpc) is 2.19. The second kappa shape index (κ2) is 6.01. The number of hydrogen-bond donors (Lipinski definition) is 2. The smallest absolute Gasteiger partial charge is 0.0931 e. The van der Waals surface area contributed by atoms with E-state index in [1.54, 1.807) is 24.9 Å². The van der Waals surface area contributed by atoms with Crippen molar-refractivity contribution in [1.82, 2.24) is 4.98 Å². The number of nitrogens with zero attached hydrogens (tertiary/aromatic N) is 1. The van der Waals surface area contributed by atoms with E-state index in [2.05, 4.69) is 4.98 Å². The van der Waals surface area contributed by atoms with Crippen molar-refractivity contribution in [1.29, 1.82) is 0 Å². The number of hydrogen-bond acceptors (Lipinski definition) is 4. The SMILES string of the molecule is C[C@H](O)c1ccc(SCCCO)cn1. The highest BCUT2D eigenvalue weighted by Gasteiger charge is 2.01. The quantitative estimate of drug-likeness (QED) is 0.576. The summed E-state index contributed by atoms with van der Waals surface area (Å²) in [6.45, 7) is 1.92. The van der Waals surface area contributed by atoms with E-state index in [1.165, 1.54) is 0 Å². The molecule has 0 amide bonds. The van der Waals surface area contributed by atoms with E-state index in [0.717, 1.165) is 17.1 Å². The Balaban J connectivity index is 2.47. The molecule has 1 aromatic heterocycles. The van der Waals surface area contributed by atoms with E-state index in [9.17, 15) is 5.11 Å². The van der Waals surface area contributed by atoms with E-state index < -0.39 is 6.10 Å². The molecule has 1 heterocycles. The van der Waals surface area contributed by atoms with Crippen LogP contribution in [-0.4, -0.2) is 27.6 Å². The van der Waals surface area contributed by atoms with Gasteiger partial charge >= 0.3 is 0 Å². The fourth-order valence-corrected chi connectivity index (χ4v) is 1.78. The standard InChI is InChI=1S/C10H15NO2S/c1-8(13)10-4-3-9(7-11-10)14-6-2-5-12/h3-4,7-8,12-13H,2,5-6H2,1H3/t8-/m0/s1. The molecule has 4 heteroatoms. The van der Waals surface area contributed by atoms with Crippen LogP contribution in [-0.2, 0) is 0 Å². The van der Waals surface area contributed by atoms with Crippen molar-refractivity contribution in [2.24, 2.45) is 0 Å². The molecular weight excluding hydrogens is 198 g/mol. The van der Waals surface area contributed by atoms with Crippen molar-refractivity contribution in [2.75, 3.05) is 12.4 Å². The molecule has 0 radical (unpaired) electrons. The Labute approximate surface area is 88.2 Å². The van der Waals surface area contributed by atoms with Gasteiger partial charge in [0.25, 0.3) is 0 Å². The molecule has 0 fully saturated rings. The van der Waals surface area contributed by atoms with Gasteiger partial charge in [0, 0.05) is 23.5 Å². The van der Waals surface area contributed by atoms with E-state index in [1.807, 2.05) is 12.1 Å². The molecule has 1 atom stereocenters. The lowest BCUT2D eigenvalue weighted by molar-refractivity contribution is 0.194. The predicted octanol–water partition coefficient (Wildman–Crippen LogP) is 1.61. The molecule has 0 saturated carbocycles. The summed E-state index contributed by atoms with van der Waals surface area (Å²) in [5, 5.41) is 17.8. The normalized spacial score (nSPS) is 12.8. The fourth-order valence-electron chi connectivity index (χ4n) is 0.979. The first-order valence-corrected chi connectivity index (χ1v) is 5.60. The fraction of sp³-hybridized carbons (Fsp3) is 0.500. The van der Waals surface area contributed by atoms with Crippen molar-refractivity contribution >= 4 is 11.8 Å². The van der Waals surface area contributed by atoms with E-state index >= 15 is 0 Å². The topological polar surface area (TPSA) is 53.4 Å². The molecule has 1 rings (SSSR count). The van der Waals surface area contributed by atoms with Crippen LogP contribution < -0.4 is 0 Å². The maximum absolute atomic E-state index is 9.23. The molecule has 0 aliphatic rings. The second-order valence-corrected chi connectivity index (χ2v) is 4.19. The first kappa shape index (κ1) is 11.5. The van der Waals surface area contributed by atoms with Crippen molar-refractivity contribution in [2.45, 2.75) is 24.3 Å². The summed E-state index contributed by atoms with van der Waals surface area (Å²) in [5.41, 5.74) is 0.691. The number of pyridine rings is 1. The Kier molecular flexibility index (Phi) is 4.93. The van der Waals surface area contributed by atoms with Crippen LogP contribution in [0.25, 0.3) is 0 Å². The number of aliphatic hydroxyl groups is 2. The van der Waals surface area contributed by atoms with Crippen molar-refractivity contribution < 1.29 is 10.2 Å². The van der Waals surface area contributed by atoms with Crippen LogP contribution >= 0.6 is 11.8 Å². The molecule has 0 saturated heterocycles. The largest absolute Gasteiger partial charge is 0.396 e. The Hall–Kier alpha value is -0.580. The molecule has 78 valence electrons. The maximum atomic E-state index is 9.23. The second-order valence-electron chi connectivity index (χ2n) is 3.02. The minimum absolute atomic E-state index is 0.228. The van der Waals surface area contributed by atoms with Gasteiger partial charge in [0.1, 0.15) is 0 Å². The number of thioether (sulfide) groups is 1. The van der Waals surface area contributed by atoms with Crippen LogP contribution in [0.3, 0.4) is 0 Å². The molecule has 0 aliphatic heterocycles. The average molecular weight is 213 g/mol. The molecule has 0 spiro atoms. The molecule has 1 aromatic rings. The summed E-state index contributed by atoms with van der Waals surface area (Å²) in [7, 11) is 0. The van der Waals surface area contributed by atoms with E-state index in [-0.39, 0.29) is 6.61 Å². The zero-order valence-corrected chi connectivity index (χ0v) is 9.00. The van der Waals surface area contributed by atoms with Crippen molar-refractivity contribution in [3.05, 3.63) is 24.0 Å². The van der Waals surface area contributed by atoms with Crippen LogP contribution in [0.2, 0.25) is 0 Å². The van der Waals surface area contributed by atoms with Crippen molar-refractivity contribution in [3.8, 4) is 0 Å². The van der Waals surface area contributed by atoms with Crippen LogP contribution in [0.1, 0.15) is 25.1 Å². The first-order chi connectivity index (χ1) is 6.74. The molecule has 0 unspecified atom stereocenters. The summed E-state index contributed by atoms with van der Waals surface area (Å²) >= 11 is 1.66. The lowest BCUT2D eigenvalue weighted by atomic mass is 10.2. The Bertz CT molecular complexity index is 261.